The fraction of sp³-hybridized carbons (Fsp3) is 0.0909. The minimum Gasteiger partial charge on any atom is -0.321 e. The zero-order chi connectivity index (χ0) is 13.9. The molecule has 100 valence electrons. The van der Waals surface area contributed by atoms with Gasteiger partial charge in [0, 0.05) is 12.4 Å². The maximum Gasteiger partial charge on any atom is 0.282 e. The number of aryl methyl sites for hydroxylation is 1. The van der Waals surface area contributed by atoms with Gasteiger partial charge in [-0.15, -0.1) is 0 Å². The van der Waals surface area contributed by atoms with Crippen LogP contribution in [0.3, 0.4) is 0 Å². The SMILES string of the molecule is Cc1ccc(NS(=O)(=O)c2ncccc2NN)nc1. The van der Waals surface area contributed by atoms with E-state index in [1.807, 2.05) is 6.92 Å². The third kappa shape index (κ3) is 2.98. The average Bonchev–Trinajstić information content (AvgIpc) is 2.41. The van der Waals surface area contributed by atoms with Gasteiger partial charge in [-0.2, -0.15) is 8.42 Å². The molecule has 0 bridgehead atoms. The van der Waals surface area contributed by atoms with Crippen molar-refractivity contribution in [1.82, 2.24) is 9.97 Å². The van der Waals surface area contributed by atoms with Gasteiger partial charge in [0.2, 0.25) is 5.03 Å². The summed E-state index contributed by atoms with van der Waals surface area (Å²) in [6, 6.07) is 6.43. The highest BCUT2D eigenvalue weighted by Crippen LogP contribution is 2.19. The second kappa shape index (κ2) is 5.21. The van der Waals surface area contributed by atoms with Crippen LogP contribution in [0.4, 0.5) is 11.5 Å². The molecule has 0 saturated heterocycles. The first-order valence-electron chi connectivity index (χ1n) is 5.40. The van der Waals surface area contributed by atoms with Crippen molar-refractivity contribution in [3.05, 3.63) is 42.2 Å². The molecule has 2 rings (SSSR count). The Kier molecular flexibility index (Phi) is 3.63. The van der Waals surface area contributed by atoms with Crippen LogP contribution in [0.15, 0.2) is 41.7 Å². The number of nitrogens with two attached hydrogens (primary N) is 1. The van der Waals surface area contributed by atoms with Crippen LogP contribution >= 0.6 is 0 Å². The Morgan fingerprint density at radius 3 is 2.63 bits per heavy atom. The van der Waals surface area contributed by atoms with Crippen LogP contribution in [0.2, 0.25) is 0 Å². The number of nitrogens with zero attached hydrogens (tertiary/aromatic N) is 2. The Bertz CT molecular complexity index is 670. The molecule has 0 aromatic carbocycles. The number of hydrogen-bond acceptors (Lipinski definition) is 6. The van der Waals surface area contributed by atoms with E-state index in [2.05, 4.69) is 20.1 Å². The van der Waals surface area contributed by atoms with Gasteiger partial charge in [0.05, 0.1) is 5.69 Å². The van der Waals surface area contributed by atoms with E-state index in [-0.39, 0.29) is 16.5 Å². The number of hydrogen-bond donors (Lipinski definition) is 3. The molecule has 0 amide bonds. The number of rotatable bonds is 4. The summed E-state index contributed by atoms with van der Waals surface area (Å²) in [5.41, 5.74) is 3.44. The molecule has 2 aromatic heterocycles. The quantitative estimate of drug-likeness (QED) is 0.566. The van der Waals surface area contributed by atoms with Crippen LogP contribution in [0.5, 0.6) is 0 Å². The fourth-order valence-corrected chi connectivity index (χ4v) is 2.54. The molecule has 2 heterocycles. The maximum absolute atomic E-state index is 12.2. The summed E-state index contributed by atoms with van der Waals surface area (Å²) < 4.78 is 26.7. The normalized spacial score (nSPS) is 11.1. The highest BCUT2D eigenvalue weighted by Gasteiger charge is 2.20. The molecular formula is C11H13N5O2S. The van der Waals surface area contributed by atoms with Gasteiger partial charge in [0.15, 0.2) is 0 Å². The highest BCUT2D eigenvalue weighted by molar-refractivity contribution is 7.92. The van der Waals surface area contributed by atoms with E-state index in [1.54, 1.807) is 24.4 Å². The molecule has 0 spiro atoms. The van der Waals surface area contributed by atoms with Crippen LogP contribution in [-0.4, -0.2) is 18.4 Å². The van der Waals surface area contributed by atoms with Crippen molar-refractivity contribution in [2.45, 2.75) is 11.9 Å². The number of anilines is 2. The van der Waals surface area contributed by atoms with Crippen molar-refractivity contribution in [3.63, 3.8) is 0 Å². The molecule has 0 aliphatic heterocycles. The zero-order valence-corrected chi connectivity index (χ0v) is 11.0. The second-order valence-electron chi connectivity index (χ2n) is 3.83. The molecule has 8 heteroatoms. The van der Waals surface area contributed by atoms with E-state index in [0.717, 1.165) is 5.56 Å². The van der Waals surface area contributed by atoms with Crippen LogP contribution in [0.25, 0.3) is 0 Å². The van der Waals surface area contributed by atoms with Gasteiger partial charge in [-0.3, -0.25) is 10.6 Å². The lowest BCUT2D eigenvalue weighted by Crippen LogP contribution is -2.19. The molecule has 2 aromatic rings. The standard InChI is InChI=1S/C11H13N5O2S/c1-8-4-5-10(14-7-8)16-19(17,18)11-9(15-12)3-2-6-13-11/h2-7,15H,12H2,1H3,(H,14,16). The van der Waals surface area contributed by atoms with E-state index in [4.69, 9.17) is 5.84 Å². The zero-order valence-electron chi connectivity index (χ0n) is 10.2. The molecule has 0 radical (unpaired) electrons. The smallest absolute Gasteiger partial charge is 0.282 e. The summed E-state index contributed by atoms with van der Waals surface area (Å²) >= 11 is 0. The Balaban J connectivity index is 2.35. The van der Waals surface area contributed by atoms with Gasteiger partial charge in [0.1, 0.15) is 5.82 Å². The molecule has 0 aliphatic carbocycles. The summed E-state index contributed by atoms with van der Waals surface area (Å²) in [7, 11) is -3.84. The third-order valence-electron chi connectivity index (χ3n) is 2.33. The maximum atomic E-state index is 12.2. The lowest BCUT2D eigenvalue weighted by Gasteiger charge is -2.10. The summed E-state index contributed by atoms with van der Waals surface area (Å²) in [6.45, 7) is 1.86. The van der Waals surface area contributed by atoms with Gasteiger partial charge >= 0.3 is 0 Å². The number of pyridine rings is 2. The first kappa shape index (κ1) is 13.2. The van der Waals surface area contributed by atoms with Crippen LogP contribution in [0.1, 0.15) is 5.56 Å². The summed E-state index contributed by atoms with van der Waals surface area (Å²) in [5, 5.41) is -0.181. The van der Waals surface area contributed by atoms with E-state index in [9.17, 15) is 8.42 Å². The van der Waals surface area contributed by atoms with Gasteiger partial charge in [-0.25, -0.2) is 9.97 Å². The molecule has 0 atom stereocenters. The number of aromatic nitrogens is 2. The molecule has 7 nitrogen and oxygen atoms in total. The van der Waals surface area contributed by atoms with Crippen molar-refractivity contribution in [2.24, 2.45) is 5.84 Å². The van der Waals surface area contributed by atoms with E-state index >= 15 is 0 Å². The first-order valence-corrected chi connectivity index (χ1v) is 6.88. The fourth-order valence-electron chi connectivity index (χ4n) is 1.43. The minimum atomic E-state index is -3.84. The van der Waals surface area contributed by atoms with Gasteiger partial charge in [0.25, 0.3) is 10.0 Å². The van der Waals surface area contributed by atoms with Gasteiger partial charge < -0.3 is 5.43 Å². The predicted octanol–water partition coefficient (Wildman–Crippen LogP) is 0.871. The number of nitrogens with one attached hydrogen (secondary N) is 2. The summed E-state index contributed by atoms with van der Waals surface area (Å²) in [4.78, 5) is 7.79. The van der Waals surface area contributed by atoms with Crippen LogP contribution in [-0.2, 0) is 10.0 Å². The predicted molar refractivity (Wildman–Crippen MR) is 71.8 cm³/mol. The third-order valence-corrected chi connectivity index (χ3v) is 3.64. The van der Waals surface area contributed by atoms with Gasteiger partial charge in [-0.05, 0) is 30.7 Å². The molecule has 0 unspecified atom stereocenters. The summed E-state index contributed by atoms with van der Waals surface area (Å²) in [5.74, 6) is 5.48. The molecule has 4 N–H and O–H groups in total. The highest BCUT2D eigenvalue weighted by atomic mass is 32.2. The number of nitrogen functional groups attached to an aromatic ring is 1. The van der Waals surface area contributed by atoms with E-state index in [1.165, 1.54) is 12.3 Å². The molecule has 0 fully saturated rings. The van der Waals surface area contributed by atoms with Crippen LogP contribution < -0.4 is 16.0 Å². The van der Waals surface area contributed by atoms with Crippen molar-refractivity contribution in [1.29, 1.82) is 0 Å². The molecule has 0 aliphatic rings. The average molecular weight is 279 g/mol. The lowest BCUT2D eigenvalue weighted by atomic mass is 10.3. The van der Waals surface area contributed by atoms with Crippen LogP contribution in [0, 0.1) is 6.92 Å². The first-order chi connectivity index (χ1) is 9.03. The van der Waals surface area contributed by atoms with Crippen molar-refractivity contribution in [2.75, 3.05) is 10.1 Å². The topological polar surface area (TPSA) is 110 Å². The molecule has 0 saturated carbocycles. The molecule has 19 heavy (non-hydrogen) atoms. The van der Waals surface area contributed by atoms with Crippen molar-refractivity contribution >= 4 is 21.5 Å². The number of hydrazine groups is 1. The number of sulfonamides is 1. The second-order valence-corrected chi connectivity index (χ2v) is 5.42. The monoisotopic (exact) mass is 279 g/mol. The Hall–Kier alpha value is -2.19. The Labute approximate surface area is 110 Å². The lowest BCUT2D eigenvalue weighted by molar-refractivity contribution is 0.597. The summed E-state index contributed by atoms with van der Waals surface area (Å²) in [6.07, 6.45) is 2.94. The Morgan fingerprint density at radius 1 is 1.21 bits per heavy atom. The van der Waals surface area contributed by atoms with Gasteiger partial charge in [-0.1, -0.05) is 6.07 Å². The Morgan fingerprint density at radius 2 is 2.00 bits per heavy atom. The minimum absolute atomic E-state index is 0.181. The van der Waals surface area contributed by atoms with E-state index < -0.39 is 10.0 Å². The largest absolute Gasteiger partial charge is 0.321 e. The molecular weight excluding hydrogens is 266 g/mol. The van der Waals surface area contributed by atoms with Crippen molar-refractivity contribution in [3.8, 4) is 0 Å². The van der Waals surface area contributed by atoms with Crippen molar-refractivity contribution < 1.29 is 8.42 Å². The van der Waals surface area contributed by atoms with E-state index in [0.29, 0.717) is 0 Å².